The Morgan fingerprint density at radius 3 is 1.92 bits per heavy atom. The highest BCUT2D eigenvalue weighted by Crippen LogP contribution is 2.29. The fourth-order valence-corrected chi connectivity index (χ4v) is 3.39. The van der Waals surface area contributed by atoms with E-state index in [1.165, 1.54) is 11.1 Å². The second-order valence-electron chi connectivity index (χ2n) is 6.13. The quantitative estimate of drug-likeness (QED) is 0.626. The zero-order valence-electron chi connectivity index (χ0n) is 13.9. The molecule has 0 aromatic heterocycles. The Labute approximate surface area is 144 Å². The van der Waals surface area contributed by atoms with Crippen LogP contribution in [0.15, 0.2) is 60.7 Å². The Morgan fingerprint density at radius 2 is 1.42 bits per heavy atom. The van der Waals surface area contributed by atoms with E-state index in [-0.39, 0.29) is 0 Å². The number of nitrogens with one attached hydrogen (secondary N) is 1. The molecule has 1 N–H and O–H groups in total. The standard InChI is InChI=1S/C20H24N3O/c24-17-21-11-12-22-13-15-23(16-14-22)20(18-7-3-1-4-8-18)19-9-5-2-6-10-19/h1-10,20H,11-16H2,(H,21,24). The number of hydrogen-bond donors (Lipinski definition) is 1. The first-order chi connectivity index (χ1) is 11.9. The molecule has 24 heavy (non-hydrogen) atoms. The van der Waals surface area contributed by atoms with Gasteiger partial charge in [0.05, 0.1) is 6.04 Å². The summed E-state index contributed by atoms with van der Waals surface area (Å²) in [5.41, 5.74) is 2.68. The van der Waals surface area contributed by atoms with Crippen LogP contribution in [0.2, 0.25) is 0 Å². The maximum Gasteiger partial charge on any atom is 0.309 e. The predicted octanol–water partition coefficient (Wildman–Crippen LogP) is 2.05. The molecular weight excluding hydrogens is 298 g/mol. The number of amides is 1. The van der Waals surface area contributed by atoms with Crippen LogP contribution in [0.25, 0.3) is 0 Å². The molecule has 2 aromatic carbocycles. The van der Waals surface area contributed by atoms with Crippen molar-refractivity contribution >= 4 is 6.41 Å². The first-order valence-electron chi connectivity index (χ1n) is 8.55. The predicted molar refractivity (Wildman–Crippen MR) is 96.4 cm³/mol. The second-order valence-corrected chi connectivity index (χ2v) is 6.13. The third kappa shape index (κ3) is 4.22. The summed E-state index contributed by atoms with van der Waals surface area (Å²) in [6.45, 7) is 5.67. The Morgan fingerprint density at radius 1 is 0.875 bits per heavy atom. The third-order valence-corrected chi connectivity index (χ3v) is 4.63. The molecule has 1 amide bonds. The Balaban J connectivity index is 1.70. The highest BCUT2D eigenvalue weighted by Gasteiger charge is 2.25. The summed E-state index contributed by atoms with van der Waals surface area (Å²) in [6.07, 6.45) is 1.74. The first kappa shape index (κ1) is 16.7. The van der Waals surface area contributed by atoms with E-state index in [0.717, 1.165) is 32.7 Å². The van der Waals surface area contributed by atoms with Crippen molar-refractivity contribution in [3.05, 3.63) is 71.8 Å². The number of hydrogen-bond acceptors (Lipinski definition) is 3. The van der Waals surface area contributed by atoms with Crippen molar-refractivity contribution in [1.29, 1.82) is 0 Å². The van der Waals surface area contributed by atoms with Crippen LogP contribution in [-0.2, 0) is 4.79 Å². The number of rotatable bonds is 7. The minimum Gasteiger partial charge on any atom is -0.347 e. The second kappa shape index (κ2) is 8.62. The van der Waals surface area contributed by atoms with Crippen LogP contribution in [0.4, 0.5) is 0 Å². The van der Waals surface area contributed by atoms with Crippen molar-refractivity contribution in [2.45, 2.75) is 6.04 Å². The molecule has 0 atom stereocenters. The maximum absolute atomic E-state index is 10.2. The van der Waals surface area contributed by atoms with Gasteiger partial charge in [-0.25, -0.2) is 0 Å². The van der Waals surface area contributed by atoms with Crippen molar-refractivity contribution in [3.8, 4) is 0 Å². The fraction of sp³-hybridized carbons (Fsp3) is 0.350. The number of carbonyl (C=O) groups excluding carboxylic acids is 1. The lowest BCUT2D eigenvalue weighted by Crippen LogP contribution is -2.49. The molecule has 4 nitrogen and oxygen atoms in total. The van der Waals surface area contributed by atoms with E-state index in [0.29, 0.717) is 12.6 Å². The fourth-order valence-electron chi connectivity index (χ4n) is 3.39. The van der Waals surface area contributed by atoms with Gasteiger partial charge in [0.1, 0.15) is 0 Å². The Kier molecular flexibility index (Phi) is 5.99. The van der Waals surface area contributed by atoms with Gasteiger partial charge in [0.2, 0.25) is 0 Å². The van der Waals surface area contributed by atoms with Crippen LogP contribution in [-0.4, -0.2) is 55.5 Å². The average Bonchev–Trinajstić information content (AvgIpc) is 2.65. The van der Waals surface area contributed by atoms with Gasteiger partial charge in [-0.2, -0.15) is 0 Å². The maximum atomic E-state index is 10.2. The van der Waals surface area contributed by atoms with Crippen LogP contribution in [0.1, 0.15) is 17.2 Å². The van der Waals surface area contributed by atoms with Crippen molar-refractivity contribution in [2.75, 3.05) is 39.3 Å². The van der Waals surface area contributed by atoms with E-state index in [1.54, 1.807) is 6.41 Å². The lowest BCUT2D eigenvalue weighted by molar-refractivity contribution is 0.111. The third-order valence-electron chi connectivity index (χ3n) is 4.63. The molecule has 1 aliphatic heterocycles. The molecule has 4 heteroatoms. The van der Waals surface area contributed by atoms with Crippen LogP contribution in [0, 0.1) is 0 Å². The van der Waals surface area contributed by atoms with E-state index >= 15 is 0 Å². The molecule has 1 saturated heterocycles. The van der Waals surface area contributed by atoms with E-state index in [2.05, 4.69) is 75.8 Å². The van der Waals surface area contributed by atoms with Gasteiger partial charge in [-0.3, -0.25) is 14.6 Å². The summed E-state index contributed by atoms with van der Waals surface area (Å²) in [4.78, 5) is 15.2. The lowest BCUT2D eigenvalue weighted by atomic mass is 9.96. The smallest absolute Gasteiger partial charge is 0.309 e. The summed E-state index contributed by atoms with van der Waals surface area (Å²) in [6, 6.07) is 21.8. The monoisotopic (exact) mass is 322 g/mol. The highest BCUT2D eigenvalue weighted by molar-refractivity contribution is 5.46. The van der Waals surface area contributed by atoms with Crippen molar-refractivity contribution in [2.24, 2.45) is 0 Å². The number of piperazine rings is 1. The zero-order valence-corrected chi connectivity index (χ0v) is 13.9. The molecular formula is C20H24N3O. The van der Waals surface area contributed by atoms with Gasteiger partial charge in [0, 0.05) is 39.3 Å². The SMILES string of the molecule is O=[C]NCCN1CCN(C(c2ccccc2)c2ccccc2)CC1. The minimum atomic E-state index is 0.302. The molecule has 1 aliphatic rings. The normalized spacial score (nSPS) is 16.2. The molecule has 0 aliphatic carbocycles. The highest BCUT2D eigenvalue weighted by atomic mass is 16.1. The summed E-state index contributed by atoms with van der Waals surface area (Å²) in [5, 5.41) is 2.62. The molecule has 0 unspecified atom stereocenters. The van der Waals surface area contributed by atoms with Crippen LogP contribution in [0.5, 0.6) is 0 Å². The van der Waals surface area contributed by atoms with Crippen LogP contribution in [0.3, 0.4) is 0 Å². The summed E-state index contributed by atoms with van der Waals surface area (Å²) < 4.78 is 0. The summed E-state index contributed by atoms with van der Waals surface area (Å²) in [7, 11) is 0. The van der Waals surface area contributed by atoms with Crippen molar-refractivity contribution < 1.29 is 4.79 Å². The molecule has 125 valence electrons. The van der Waals surface area contributed by atoms with Gasteiger partial charge in [-0.15, -0.1) is 0 Å². The number of nitrogens with zero attached hydrogens (tertiary/aromatic N) is 2. The summed E-state index contributed by atoms with van der Waals surface area (Å²) >= 11 is 0. The molecule has 0 bridgehead atoms. The van der Waals surface area contributed by atoms with Crippen molar-refractivity contribution in [3.63, 3.8) is 0 Å². The van der Waals surface area contributed by atoms with E-state index < -0.39 is 0 Å². The Hall–Kier alpha value is -2.17. The first-order valence-corrected chi connectivity index (χ1v) is 8.55. The molecule has 0 saturated carbocycles. The van der Waals surface area contributed by atoms with E-state index in [1.807, 2.05) is 0 Å². The average molecular weight is 322 g/mol. The van der Waals surface area contributed by atoms with Gasteiger partial charge in [0.15, 0.2) is 0 Å². The molecule has 1 heterocycles. The molecule has 3 rings (SSSR count). The molecule has 0 spiro atoms. The van der Waals surface area contributed by atoms with E-state index in [9.17, 15) is 4.79 Å². The Bertz CT molecular complexity index is 570. The van der Waals surface area contributed by atoms with Gasteiger partial charge < -0.3 is 5.32 Å². The van der Waals surface area contributed by atoms with Gasteiger partial charge in [-0.1, -0.05) is 60.7 Å². The van der Waals surface area contributed by atoms with E-state index in [4.69, 9.17) is 0 Å². The zero-order chi connectivity index (χ0) is 16.6. The molecule has 1 fully saturated rings. The van der Waals surface area contributed by atoms with Gasteiger partial charge in [0.25, 0.3) is 0 Å². The van der Waals surface area contributed by atoms with Gasteiger partial charge >= 0.3 is 6.41 Å². The molecule has 2 aromatic rings. The largest absolute Gasteiger partial charge is 0.347 e. The lowest BCUT2D eigenvalue weighted by Gasteiger charge is -2.39. The minimum absolute atomic E-state index is 0.302. The van der Waals surface area contributed by atoms with Crippen molar-refractivity contribution in [1.82, 2.24) is 15.1 Å². The molecule has 1 radical (unpaired) electrons. The topological polar surface area (TPSA) is 35.6 Å². The number of benzene rings is 2. The van der Waals surface area contributed by atoms with Crippen LogP contribution < -0.4 is 5.32 Å². The van der Waals surface area contributed by atoms with Gasteiger partial charge in [-0.05, 0) is 11.1 Å². The van der Waals surface area contributed by atoms with Crippen LogP contribution >= 0.6 is 0 Å². The summed E-state index contributed by atoms with van der Waals surface area (Å²) in [5.74, 6) is 0.